The first kappa shape index (κ1) is 23.3. The van der Waals surface area contributed by atoms with E-state index in [1.54, 1.807) is 0 Å². The number of amides is 3. The van der Waals surface area contributed by atoms with Crippen molar-refractivity contribution in [3.8, 4) is 0 Å². The van der Waals surface area contributed by atoms with E-state index in [1.165, 1.54) is 17.5 Å². The number of fused-ring (bicyclic) bond motifs is 1. The molecule has 0 saturated carbocycles. The monoisotopic (exact) mass is 454 g/mol. The van der Waals surface area contributed by atoms with Crippen LogP contribution in [-0.2, 0) is 17.8 Å². The number of nitrogens with zero attached hydrogens (tertiary/aromatic N) is 1. The van der Waals surface area contributed by atoms with Crippen LogP contribution in [0.4, 0.5) is 16.2 Å². The Hall–Kier alpha value is -3.90. The Morgan fingerprint density at radius 1 is 0.912 bits per heavy atom. The Morgan fingerprint density at radius 3 is 2.26 bits per heavy atom. The number of hydrogen-bond donors (Lipinski definition) is 3. The van der Waals surface area contributed by atoms with Crippen LogP contribution in [0.15, 0.2) is 72.8 Å². The van der Waals surface area contributed by atoms with E-state index < -0.39 is 6.03 Å². The summed E-state index contributed by atoms with van der Waals surface area (Å²) >= 11 is 0. The lowest BCUT2D eigenvalue weighted by Crippen LogP contribution is -2.40. The molecule has 3 aromatic rings. The van der Waals surface area contributed by atoms with Gasteiger partial charge in [0.25, 0.3) is 5.91 Å². The largest absolute Gasteiger partial charge is 0.354 e. The summed E-state index contributed by atoms with van der Waals surface area (Å²) in [6, 6.07) is 23.3. The third-order valence-corrected chi connectivity index (χ3v) is 5.93. The maximum absolute atomic E-state index is 13.7. The average molecular weight is 455 g/mol. The Kier molecular flexibility index (Phi) is 7.09. The Balaban J connectivity index is 1.85. The van der Waals surface area contributed by atoms with E-state index in [4.69, 9.17) is 0 Å². The molecule has 3 amide bonds. The van der Waals surface area contributed by atoms with Gasteiger partial charge in [-0.1, -0.05) is 68.4 Å². The molecular formula is C28H30N4O2. The highest BCUT2D eigenvalue weighted by Crippen LogP contribution is 2.41. The third kappa shape index (κ3) is 4.58. The summed E-state index contributed by atoms with van der Waals surface area (Å²) in [5, 5.41) is 9.41. The molecule has 0 fully saturated rings. The minimum Gasteiger partial charge on any atom is -0.354 e. The summed E-state index contributed by atoms with van der Waals surface area (Å²) in [6.07, 6.45) is 0.811. The number of nitrogens with one attached hydrogen (secondary N) is 3. The van der Waals surface area contributed by atoms with Crippen molar-refractivity contribution >= 4 is 34.6 Å². The van der Waals surface area contributed by atoms with E-state index in [1.807, 2.05) is 60.7 Å². The molecule has 4 rings (SSSR count). The van der Waals surface area contributed by atoms with Gasteiger partial charge in [0.15, 0.2) is 0 Å². The molecule has 0 spiro atoms. The second-order valence-corrected chi connectivity index (χ2v) is 8.12. The Morgan fingerprint density at radius 2 is 1.62 bits per heavy atom. The molecule has 0 radical (unpaired) electrons. The molecule has 34 heavy (non-hydrogen) atoms. The van der Waals surface area contributed by atoms with Gasteiger partial charge in [-0.15, -0.1) is 0 Å². The fraction of sp³-hybridized carbons (Fsp3) is 0.214. The Labute approximate surface area is 200 Å². The standard InChI is InChI=1S/C28H30N4O2/c1-4-19-13-16-23-24(17-19)32(28(34)29-3)27(33)25(23)26(21-9-7-6-8-10-21)31-22-14-11-20(12-15-22)18-30-5-2/h6-17,30-31H,4-5,18H2,1-3H3,(H,29,34). The van der Waals surface area contributed by atoms with Crippen LogP contribution in [0.5, 0.6) is 0 Å². The number of imide groups is 1. The van der Waals surface area contributed by atoms with Gasteiger partial charge >= 0.3 is 6.03 Å². The first-order chi connectivity index (χ1) is 16.6. The lowest BCUT2D eigenvalue weighted by atomic mass is 9.98. The Bertz CT molecular complexity index is 1220. The zero-order valence-corrected chi connectivity index (χ0v) is 19.8. The predicted octanol–water partition coefficient (Wildman–Crippen LogP) is 5.02. The lowest BCUT2D eigenvalue weighted by Gasteiger charge is -2.16. The van der Waals surface area contributed by atoms with Crippen molar-refractivity contribution < 1.29 is 9.59 Å². The number of carbonyl (C=O) groups is 2. The normalized spacial score (nSPS) is 14.1. The van der Waals surface area contributed by atoms with Crippen molar-refractivity contribution in [2.75, 3.05) is 23.8 Å². The SMILES string of the molecule is CCNCc1ccc(NC(=C2C(=O)N(C(=O)NC)c3cc(CC)ccc32)c2ccccc2)cc1. The maximum Gasteiger partial charge on any atom is 0.328 e. The van der Waals surface area contributed by atoms with E-state index in [0.29, 0.717) is 17.0 Å². The number of benzene rings is 3. The van der Waals surface area contributed by atoms with Gasteiger partial charge in [0.2, 0.25) is 0 Å². The van der Waals surface area contributed by atoms with Crippen molar-refractivity contribution in [2.24, 2.45) is 0 Å². The van der Waals surface area contributed by atoms with Gasteiger partial charge < -0.3 is 16.0 Å². The molecule has 1 heterocycles. The molecule has 0 bridgehead atoms. The van der Waals surface area contributed by atoms with Gasteiger partial charge in [0.05, 0.1) is 17.0 Å². The van der Waals surface area contributed by atoms with Crippen LogP contribution in [0.25, 0.3) is 11.3 Å². The van der Waals surface area contributed by atoms with E-state index in [9.17, 15) is 9.59 Å². The number of anilines is 2. The van der Waals surface area contributed by atoms with Crippen LogP contribution in [0.3, 0.4) is 0 Å². The van der Waals surface area contributed by atoms with Crippen LogP contribution in [0.2, 0.25) is 0 Å². The number of carbonyl (C=O) groups excluding carboxylic acids is 2. The molecule has 174 valence electrons. The van der Waals surface area contributed by atoms with Crippen molar-refractivity contribution in [1.82, 2.24) is 10.6 Å². The summed E-state index contributed by atoms with van der Waals surface area (Å²) < 4.78 is 0. The number of rotatable bonds is 7. The lowest BCUT2D eigenvalue weighted by molar-refractivity contribution is -0.112. The van der Waals surface area contributed by atoms with E-state index in [-0.39, 0.29) is 5.91 Å². The molecule has 1 aliphatic rings. The molecule has 0 saturated heterocycles. The molecule has 0 unspecified atom stereocenters. The van der Waals surface area contributed by atoms with E-state index in [2.05, 4.69) is 41.9 Å². The molecule has 6 heteroatoms. The van der Waals surface area contributed by atoms with Gasteiger partial charge in [-0.2, -0.15) is 0 Å². The van der Waals surface area contributed by atoms with Gasteiger partial charge in [-0.05, 0) is 47.9 Å². The van der Waals surface area contributed by atoms with Crippen molar-refractivity contribution in [2.45, 2.75) is 26.8 Å². The molecule has 3 aromatic carbocycles. The first-order valence-corrected chi connectivity index (χ1v) is 11.6. The predicted molar refractivity (Wildman–Crippen MR) is 138 cm³/mol. The van der Waals surface area contributed by atoms with Crippen molar-refractivity contribution in [3.63, 3.8) is 0 Å². The quantitative estimate of drug-likeness (QED) is 0.438. The highest BCUT2D eigenvalue weighted by atomic mass is 16.2. The number of hydrogen-bond acceptors (Lipinski definition) is 4. The molecule has 0 atom stereocenters. The summed E-state index contributed by atoms with van der Waals surface area (Å²) in [6.45, 7) is 5.84. The van der Waals surface area contributed by atoms with Gasteiger partial charge in [-0.25, -0.2) is 9.69 Å². The van der Waals surface area contributed by atoms with Gasteiger partial charge in [-0.3, -0.25) is 4.79 Å². The fourth-order valence-corrected chi connectivity index (χ4v) is 4.09. The smallest absolute Gasteiger partial charge is 0.328 e. The minimum atomic E-state index is -0.449. The molecular weight excluding hydrogens is 424 g/mol. The fourth-order valence-electron chi connectivity index (χ4n) is 4.09. The maximum atomic E-state index is 13.7. The van der Waals surface area contributed by atoms with Crippen LogP contribution in [0.1, 0.15) is 36.1 Å². The molecule has 1 aliphatic heterocycles. The summed E-state index contributed by atoms with van der Waals surface area (Å²) in [5.41, 5.74) is 6.46. The van der Waals surface area contributed by atoms with Crippen LogP contribution >= 0.6 is 0 Å². The van der Waals surface area contributed by atoms with E-state index >= 15 is 0 Å². The average Bonchev–Trinajstić information content (AvgIpc) is 3.17. The van der Waals surface area contributed by atoms with Crippen molar-refractivity contribution in [3.05, 3.63) is 95.1 Å². The molecule has 0 aromatic heterocycles. The summed E-state index contributed by atoms with van der Waals surface area (Å²) in [5.74, 6) is -0.349. The van der Waals surface area contributed by atoms with Crippen molar-refractivity contribution in [1.29, 1.82) is 0 Å². The summed E-state index contributed by atoms with van der Waals surface area (Å²) in [7, 11) is 1.53. The van der Waals surface area contributed by atoms with Crippen LogP contribution < -0.4 is 20.9 Å². The van der Waals surface area contributed by atoms with E-state index in [0.717, 1.165) is 41.9 Å². The topological polar surface area (TPSA) is 73.5 Å². The van der Waals surface area contributed by atoms with Gasteiger partial charge in [0.1, 0.15) is 0 Å². The number of aryl methyl sites for hydroxylation is 1. The molecule has 6 nitrogen and oxygen atoms in total. The second-order valence-electron chi connectivity index (χ2n) is 8.12. The highest BCUT2D eigenvalue weighted by molar-refractivity contribution is 6.43. The number of urea groups is 1. The zero-order valence-electron chi connectivity index (χ0n) is 19.8. The second kappa shape index (κ2) is 10.4. The molecule has 3 N–H and O–H groups in total. The summed E-state index contributed by atoms with van der Waals surface area (Å²) in [4.78, 5) is 27.6. The highest BCUT2D eigenvalue weighted by Gasteiger charge is 2.38. The minimum absolute atomic E-state index is 0.349. The molecule has 0 aliphatic carbocycles. The van der Waals surface area contributed by atoms with Crippen LogP contribution in [0, 0.1) is 0 Å². The zero-order chi connectivity index (χ0) is 24.1. The van der Waals surface area contributed by atoms with Crippen LogP contribution in [-0.4, -0.2) is 25.5 Å². The van der Waals surface area contributed by atoms with Gasteiger partial charge in [0, 0.05) is 24.8 Å². The third-order valence-electron chi connectivity index (χ3n) is 5.93. The first-order valence-electron chi connectivity index (χ1n) is 11.6.